The van der Waals surface area contributed by atoms with E-state index in [4.69, 9.17) is 0 Å². The summed E-state index contributed by atoms with van der Waals surface area (Å²) in [5.41, 5.74) is 0. The summed E-state index contributed by atoms with van der Waals surface area (Å²) in [5.74, 6) is 0. The van der Waals surface area contributed by atoms with E-state index >= 15 is 0 Å². The summed E-state index contributed by atoms with van der Waals surface area (Å²) >= 11 is 2.00. The Labute approximate surface area is 73.6 Å². The van der Waals surface area contributed by atoms with Crippen molar-refractivity contribution in [3.05, 3.63) is 12.7 Å². The number of rotatable bonds is 4. The number of nitrogens with one attached hydrogen (secondary N) is 1. The number of hydrogen-bond donors (Lipinski definition) is 1. The van der Waals surface area contributed by atoms with Crippen LogP contribution in [-0.2, 0) is 0 Å². The molecular formula is C9H17NS. The van der Waals surface area contributed by atoms with Gasteiger partial charge in [-0.25, -0.2) is 0 Å². The van der Waals surface area contributed by atoms with Crippen LogP contribution in [0.4, 0.5) is 0 Å². The molecular weight excluding hydrogens is 154 g/mol. The molecule has 1 fully saturated rings. The highest BCUT2D eigenvalue weighted by atomic mass is 32.2. The molecule has 11 heavy (non-hydrogen) atoms. The maximum Gasteiger partial charge on any atom is 0.0134 e. The second-order valence-corrected chi connectivity index (χ2v) is 4.20. The van der Waals surface area contributed by atoms with Crippen molar-refractivity contribution >= 4 is 11.8 Å². The van der Waals surface area contributed by atoms with Crippen LogP contribution in [0.1, 0.15) is 19.3 Å². The lowest BCUT2D eigenvalue weighted by Crippen LogP contribution is -2.26. The maximum atomic E-state index is 3.69. The summed E-state index contributed by atoms with van der Waals surface area (Å²) in [6.07, 6.45) is 8.22. The summed E-state index contributed by atoms with van der Waals surface area (Å²) in [7, 11) is 0. The molecule has 1 saturated carbocycles. The molecule has 1 aliphatic rings. The van der Waals surface area contributed by atoms with Crippen LogP contribution in [0, 0.1) is 0 Å². The van der Waals surface area contributed by atoms with Crippen molar-refractivity contribution in [3.8, 4) is 0 Å². The monoisotopic (exact) mass is 171 g/mol. The zero-order valence-corrected chi connectivity index (χ0v) is 7.99. The Kier molecular flexibility index (Phi) is 4.02. The van der Waals surface area contributed by atoms with Gasteiger partial charge in [0.15, 0.2) is 0 Å². The molecule has 0 heterocycles. The lowest BCUT2D eigenvalue weighted by Gasteiger charge is -2.09. The molecule has 2 atom stereocenters. The van der Waals surface area contributed by atoms with Gasteiger partial charge in [0.05, 0.1) is 0 Å². The third kappa shape index (κ3) is 2.88. The van der Waals surface area contributed by atoms with Crippen LogP contribution in [-0.4, -0.2) is 24.1 Å². The quantitative estimate of drug-likeness (QED) is 0.650. The van der Waals surface area contributed by atoms with Gasteiger partial charge in [-0.2, -0.15) is 11.8 Å². The van der Waals surface area contributed by atoms with E-state index in [0.29, 0.717) is 0 Å². The predicted molar refractivity (Wildman–Crippen MR) is 53.1 cm³/mol. The van der Waals surface area contributed by atoms with Crippen LogP contribution in [0.2, 0.25) is 0 Å². The molecule has 0 radical (unpaired) electrons. The smallest absolute Gasteiger partial charge is 0.0134 e. The van der Waals surface area contributed by atoms with Crippen molar-refractivity contribution in [2.45, 2.75) is 30.6 Å². The van der Waals surface area contributed by atoms with Crippen molar-refractivity contribution < 1.29 is 0 Å². The summed E-state index contributed by atoms with van der Waals surface area (Å²) in [4.78, 5) is 0. The highest BCUT2D eigenvalue weighted by molar-refractivity contribution is 7.99. The topological polar surface area (TPSA) is 12.0 Å². The molecule has 64 valence electrons. The molecule has 2 heteroatoms. The average molecular weight is 171 g/mol. The van der Waals surface area contributed by atoms with Gasteiger partial charge < -0.3 is 5.32 Å². The summed E-state index contributed by atoms with van der Waals surface area (Å²) in [5, 5.41) is 4.36. The van der Waals surface area contributed by atoms with Gasteiger partial charge in [0, 0.05) is 17.8 Å². The zero-order chi connectivity index (χ0) is 8.10. The molecule has 0 amide bonds. The van der Waals surface area contributed by atoms with E-state index in [1.54, 1.807) is 0 Å². The Morgan fingerprint density at radius 2 is 2.45 bits per heavy atom. The van der Waals surface area contributed by atoms with Crippen LogP contribution in [0.3, 0.4) is 0 Å². The van der Waals surface area contributed by atoms with Crippen molar-refractivity contribution in [1.29, 1.82) is 0 Å². The maximum absolute atomic E-state index is 3.69. The standard InChI is InChI=1S/C9H17NS/c1-3-6-10-8-4-5-9(7-8)11-2/h3,8-10H,1,4-7H2,2H3. The minimum Gasteiger partial charge on any atom is -0.310 e. The third-order valence-corrected chi connectivity index (χ3v) is 3.36. The normalized spacial score (nSPS) is 30.6. The first-order chi connectivity index (χ1) is 5.36. The Morgan fingerprint density at radius 1 is 1.64 bits per heavy atom. The fraction of sp³-hybridized carbons (Fsp3) is 0.778. The molecule has 2 unspecified atom stereocenters. The summed E-state index contributed by atoms with van der Waals surface area (Å²) < 4.78 is 0. The Hall–Kier alpha value is 0.0500. The fourth-order valence-electron chi connectivity index (χ4n) is 1.59. The van der Waals surface area contributed by atoms with E-state index in [9.17, 15) is 0 Å². The van der Waals surface area contributed by atoms with E-state index < -0.39 is 0 Å². The molecule has 0 aromatic heterocycles. The first-order valence-corrected chi connectivity index (χ1v) is 5.52. The molecule has 0 aliphatic heterocycles. The van der Waals surface area contributed by atoms with Gasteiger partial charge in [0.2, 0.25) is 0 Å². The lowest BCUT2D eigenvalue weighted by atomic mass is 10.2. The number of thioether (sulfide) groups is 1. The zero-order valence-electron chi connectivity index (χ0n) is 7.18. The van der Waals surface area contributed by atoms with Gasteiger partial charge in [-0.1, -0.05) is 6.08 Å². The molecule has 0 aromatic rings. The second kappa shape index (κ2) is 4.83. The van der Waals surface area contributed by atoms with Crippen LogP contribution in [0.5, 0.6) is 0 Å². The summed E-state index contributed by atoms with van der Waals surface area (Å²) in [6, 6.07) is 0.755. The van der Waals surface area contributed by atoms with Crippen LogP contribution in [0.25, 0.3) is 0 Å². The second-order valence-electron chi connectivity index (χ2n) is 3.06. The molecule has 1 aliphatic carbocycles. The molecule has 0 spiro atoms. The molecule has 0 bridgehead atoms. The van der Waals surface area contributed by atoms with Crippen molar-refractivity contribution in [2.75, 3.05) is 12.8 Å². The first-order valence-electron chi connectivity index (χ1n) is 4.24. The fourth-order valence-corrected chi connectivity index (χ4v) is 2.39. The lowest BCUT2D eigenvalue weighted by molar-refractivity contribution is 0.558. The minimum absolute atomic E-state index is 0.755. The van der Waals surface area contributed by atoms with E-state index in [2.05, 4.69) is 18.2 Å². The third-order valence-electron chi connectivity index (χ3n) is 2.27. The highest BCUT2D eigenvalue weighted by Crippen LogP contribution is 2.27. The molecule has 1 N–H and O–H groups in total. The first kappa shape index (κ1) is 9.14. The van der Waals surface area contributed by atoms with Crippen molar-refractivity contribution in [1.82, 2.24) is 5.32 Å². The van der Waals surface area contributed by atoms with E-state index in [1.165, 1.54) is 19.3 Å². The molecule has 0 saturated heterocycles. The van der Waals surface area contributed by atoms with Gasteiger partial charge in [0.1, 0.15) is 0 Å². The van der Waals surface area contributed by atoms with Crippen LogP contribution in [0.15, 0.2) is 12.7 Å². The number of hydrogen-bond acceptors (Lipinski definition) is 2. The highest BCUT2D eigenvalue weighted by Gasteiger charge is 2.22. The van der Waals surface area contributed by atoms with Gasteiger partial charge in [-0.05, 0) is 25.5 Å². The SMILES string of the molecule is C=CCNC1CCC(SC)C1. The van der Waals surface area contributed by atoms with E-state index in [0.717, 1.165) is 17.8 Å². The van der Waals surface area contributed by atoms with Crippen LogP contribution < -0.4 is 5.32 Å². The summed E-state index contributed by atoms with van der Waals surface area (Å²) in [6.45, 7) is 4.66. The molecule has 1 rings (SSSR count). The average Bonchev–Trinajstić information content (AvgIpc) is 2.48. The largest absolute Gasteiger partial charge is 0.310 e. The van der Waals surface area contributed by atoms with Crippen molar-refractivity contribution in [3.63, 3.8) is 0 Å². The minimum atomic E-state index is 0.755. The van der Waals surface area contributed by atoms with Gasteiger partial charge in [0.25, 0.3) is 0 Å². The van der Waals surface area contributed by atoms with E-state index in [1.807, 2.05) is 17.8 Å². The van der Waals surface area contributed by atoms with E-state index in [-0.39, 0.29) is 0 Å². The van der Waals surface area contributed by atoms with Crippen LogP contribution >= 0.6 is 11.8 Å². The van der Waals surface area contributed by atoms with Gasteiger partial charge >= 0.3 is 0 Å². The Balaban J connectivity index is 2.13. The van der Waals surface area contributed by atoms with Gasteiger partial charge in [-0.15, -0.1) is 6.58 Å². The Morgan fingerprint density at radius 3 is 3.00 bits per heavy atom. The van der Waals surface area contributed by atoms with Gasteiger partial charge in [-0.3, -0.25) is 0 Å². The van der Waals surface area contributed by atoms with Crippen molar-refractivity contribution in [2.24, 2.45) is 0 Å². The molecule has 1 nitrogen and oxygen atoms in total. The Bertz CT molecular complexity index is 125. The molecule has 0 aromatic carbocycles. The predicted octanol–water partition coefficient (Wildman–Crippen LogP) is 2.05.